The molecule has 27 heavy (non-hydrogen) atoms. The first-order chi connectivity index (χ1) is 13.1. The lowest BCUT2D eigenvalue weighted by Gasteiger charge is -2.35. The van der Waals surface area contributed by atoms with Gasteiger partial charge >= 0.3 is 0 Å². The Bertz CT molecular complexity index is 962. The maximum Gasteiger partial charge on any atom is 0.293 e. The van der Waals surface area contributed by atoms with Crippen molar-refractivity contribution in [2.24, 2.45) is 0 Å². The number of aryl methyl sites for hydroxylation is 1. The van der Waals surface area contributed by atoms with E-state index < -0.39 is 0 Å². The summed E-state index contributed by atoms with van der Waals surface area (Å²) in [6.45, 7) is 4.16. The van der Waals surface area contributed by atoms with Gasteiger partial charge in [-0.3, -0.25) is 4.79 Å². The quantitative estimate of drug-likeness (QED) is 0.716. The number of anilines is 1. The number of hydrogen-bond acceptors (Lipinski definition) is 4. The standard InChI is InChI=1S/C20H20FN5O/c1-15-5-4-6-16(13-15)26-14-22-19(23-26)20(27)25-11-9-24(10-12-25)18-8-3-2-7-17(18)21/h2-8,13-14H,9-12H2,1H3. The van der Waals surface area contributed by atoms with E-state index in [4.69, 9.17) is 0 Å². The highest BCUT2D eigenvalue weighted by Gasteiger charge is 2.25. The summed E-state index contributed by atoms with van der Waals surface area (Å²) in [5.41, 5.74) is 2.55. The molecule has 1 saturated heterocycles. The Kier molecular flexibility index (Phi) is 4.58. The van der Waals surface area contributed by atoms with Crippen molar-refractivity contribution in [3.63, 3.8) is 0 Å². The molecular weight excluding hydrogens is 345 g/mol. The monoisotopic (exact) mass is 365 g/mol. The summed E-state index contributed by atoms with van der Waals surface area (Å²) < 4.78 is 15.5. The fourth-order valence-electron chi connectivity index (χ4n) is 3.26. The SMILES string of the molecule is Cc1cccc(-n2cnc(C(=O)N3CCN(c4ccccc4F)CC3)n2)c1. The highest BCUT2D eigenvalue weighted by Crippen LogP contribution is 2.20. The van der Waals surface area contributed by atoms with Crippen molar-refractivity contribution < 1.29 is 9.18 Å². The van der Waals surface area contributed by atoms with Crippen LogP contribution in [0.4, 0.5) is 10.1 Å². The molecule has 1 fully saturated rings. The minimum atomic E-state index is -0.240. The normalized spacial score (nSPS) is 14.4. The third kappa shape index (κ3) is 3.53. The van der Waals surface area contributed by atoms with Crippen molar-refractivity contribution in [2.75, 3.05) is 31.1 Å². The Morgan fingerprint density at radius 2 is 1.81 bits per heavy atom. The van der Waals surface area contributed by atoms with Crippen LogP contribution in [0, 0.1) is 12.7 Å². The van der Waals surface area contributed by atoms with Crippen LogP contribution < -0.4 is 4.90 Å². The molecule has 4 rings (SSSR count). The second-order valence-electron chi connectivity index (χ2n) is 6.58. The molecule has 1 aromatic heterocycles. The zero-order valence-electron chi connectivity index (χ0n) is 15.0. The number of benzene rings is 2. The van der Waals surface area contributed by atoms with Gasteiger partial charge in [-0.05, 0) is 36.8 Å². The topological polar surface area (TPSA) is 54.3 Å². The first-order valence-corrected chi connectivity index (χ1v) is 8.89. The largest absolute Gasteiger partial charge is 0.366 e. The van der Waals surface area contributed by atoms with E-state index in [2.05, 4.69) is 10.1 Å². The number of nitrogens with zero attached hydrogens (tertiary/aromatic N) is 5. The number of amides is 1. The van der Waals surface area contributed by atoms with E-state index in [9.17, 15) is 9.18 Å². The number of para-hydroxylation sites is 1. The zero-order valence-corrected chi connectivity index (χ0v) is 15.0. The molecule has 2 aromatic carbocycles. The van der Waals surface area contributed by atoms with E-state index >= 15 is 0 Å². The molecule has 0 saturated carbocycles. The van der Waals surface area contributed by atoms with E-state index in [1.807, 2.05) is 42.2 Å². The van der Waals surface area contributed by atoms with Crippen molar-refractivity contribution in [2.45, 2.75) is 6.92 Å². The second kappa shape index (κ2) is 7.19. The highest BCUT2D eigenvalue weighted by atomic mass is 19.1. The summed E-state index contributed by atoms with van der Waals surface area (Å²) in [5, 5.41) is 4.33. The average Bonchev–Trinajstić information content (AvgIpc) is 3.18. The number of hydrogen-bond donors (Lipinski definition) is 0. The summed E-state index contributed by atoms with van der Waals surface area (Å²) in [6, 6.07) is 14.6. The summed E-state index contributed by atoms with van der Waals surface area (Å²) >= 11 is 0. The van der Waals surface area contributed by atoms with Crippen molar-refractivity contribution in [1.82, 2.24) is 19.7 Å². The van der Waals surface area contributed by atoms with Gasteiger partial charge in [-0.25, -0.2) is 14.1 Å². The van der Waals surface area contributed by atoms with Crippen molar-refractivity contribution in [3.8, 4) is 5.69 Å². The molecule has 6 nitrogen and oxygen atoms in total. The predicted octanol–water partition coefficient (Wildman–Crippen LogP) is 2.68. The average molecular weight is 365 g/mol. The molecule has 0 spiro atoms. The molecule has 7 heteroatoms. The van der Waals surface area contributed by atoms with E-state index in [-0.39, 0.29) is 17.5 Å². The first-order valence-electron chi connectivity index (χ1n) is 8.89. The van der Waals surface area contributed by atoms with Gasteiger partial charge in [0.15, 0.2) is 0 Å². The number of halogens is 1. The van der Waals surface area contributed by atoms with Crippen LogP contribution in [0.5, 0.6) is 0 Å². The molecule has 0 aliphatic carbocycles. The van der Waals surface area contributed by atoms with Gasteiger partial charge in [0.05, 0.1) is 11.4 Å². The smallest absolute Gasteiger partial charge is 0.293 e. The van der Waals surface area contributed by atoms with Crippen LogP contribution in [0.2, 0.25) is 0 Å². The highest BCUT2D eigenvalue weighted by molar-refractivity contribution is 5.90. The molecule has 2 heterocycles. The lowest BCUT2D eigenvalue weighted by atomic mass is 10.2. The summed E-state index contributed by atoms with van der Waals surface area (Å²) in [5.74, 6) is -0.263. The second-order valence-corrected chi connectivity index (χ2v) is 6.58. The predicted molar refractivity (Wildman–Crippen MR) is 101 cm³/mol. The molecule has 0 radical (unpaired) electrons. The lowest BCUT2D eigenvalue weighted by molar-refractivity contribution is 0.0734. The summed E-state index contributed by atoms with van der Waals surface area (Å²) in [4.78, 5) is 20.6. The van der Waals surface area contributed by atoms with E-state index in [1.165, 1.54) is 6.07 Å². The van der Waals surface area contributed by atoms with Gasteiger partial charge in [0.2, 0.25) is 5.82 Å². The molecule has 3 aromatic rings. The summed E-state index contributed by atoms with van der Waals surface area (Å²) in [6.07, 6.45) is 1.55. The Balaban J connectivity index is 1.43. The van der Waals surface area contributed by atoms with Gasteiger partial charge in [0.25, 0.3) is 5.91 Å². The molecule has 138 valence electrons. The molecule has 1 aliphatic heterocycles. The number of carbonyl (C=O) groups excluding carboxylic acids is 1. The van der Waals surface area contributed by atoms with Crippen LogP contribution in [-0.2, 0) is 0 Å². The van der Waals surface area contributed by atoms with Crippen molar-refractivity contribution in [1.29, 1.82) is 0 Å². The van der Waals surface area contributed by atoms with Gasteiger partial charge < -0.3 is 9.80 Å². The Morgan fingerprint density at radius 1 is 1.04 bits per heavy atom. The minimum Gasteiger partial charge on any atom is -0.366 e. The maximum atomic E-state index is 13.9. The van der Waals surface area contributed by atoms with Crippen LogP contribution in [0.25, 0.3) is 5.69 Å². The van der Waals surface area contributed by atoms with Crippen LogP contribution >= 0.6 is 0 Å². The molecule has 0 N–H and O–H groups in total. The number of piperazine rings is 1. The van der Waals surface area contributed by atoms with Gasteiger partial charge in [0, 0.05) is 26.2 Å². The van der Waals surface area contributed by atoms with Gasteiger partial charge in [0.1, 0.15) is 12.1 Å². The molecular formula is C20H20FN5O. The zero-order chi connectivity index (χ0) is 18.8. The minimum absolute atomic E-state index is 0.177. The third-order valence-corrected chi connectivity index (χ3v) is 4.71. The maximum absolute atomic E-state index is 13.9. The first kappa shape index (κ1) is 17.2. The third-order valence-electron chi connectivity index (χ3n) is 4.71. The number of aromatic nitrogens is 3. The fourth-order valence-corrected chi connectivity index (χ4v) is 3.26. The van der Waals surface area contributed by atoms with Crippen LogP contribution in [0.15, 0.2) is 54.9 Å². The molecule has 0 bridgehead atoms. The van der Waals surface area contributed by atoms with Gasteiger partial charge in [-0.2, -0.15) is 0 Å². The number of carbonyl (C=O) groups is 1. The van der Waals surface area contributed by atoms with E-state index in [0.29, 0.717) is 31.9 Å². The Morgan fingerprint density at radius 3 is 2.56 bits per heavy atom. The molecule has 0 unspecified atom stereocenters. The lowest BCUT2D eigenvalue weighted by Crippen LogP contribution is -2.49. The van der Waals surface area contributed by atoms with E-state index in [1.54, 1.807) is 28.0 Å². The van der Waals surface area contributed by atoms with Gasteiger partial charge in [-0.1, -0.05) is 24.3 Å². The van der Waals surface area contributed by atoms with Crippen LogP contribution in [0.1, 0.15) is 16.2 Å². The van der Waals surface area contributed by atoms with Crippen LogP contribution in [-0.4, -0.2) is 51.8 Å². The fraction of sp³-hybridized carbons (Fsp3) is 0.250. The molecule has 1 aliphatic rings. The van der Waals surface area contributed by atoms with Gasteiger partial charge in [-0.15, -0.1) is 5.10 Å². The Hall–Kier alpha value is -3.22. The Labute approximate surface area is 156 Å². The molecule has 0 atom stereocenters. The molecule has 1 amide bonds. The number of rotatable bonds is 3. The van der Waals surface area contributed by atoms with Crippen LogP contribution in [0.3, 0.4) is 0 Å². The summed E-state index contributed by atoms with van der Waals surface area (Å²) in [7, 11) is 0. The van der Waals surface area contributed by atoms with Crippen molar-refractivity contribution in [3.05, 3.63) is 72.1 Å². The van der Waals surface area contributed by atoms with E-state index in [0.717, 1.165) is 11.3 Å². The van der Waals surface area contributed by atoms with Crippen molar-refractivity contribution >= 4 is 11.6 Å².